The Kier molecular flexibility index (Phi) is 4.76. The summed E-state index contributed by atoms with van der Waals surface area (Å²) >= 11 is 0. The highest BCUT2D eigenvalue weighted by Crippen LogP contribution is 2.45. The van der Waals surface area contributed by atoms with E-state index in [1.807, 2.05) is 0 Å². The van der Waals surface area contributed by atoms with Gasteiger partial charge in [-0.25, -0.2) is 0 Å². The second kappa shape index (κ2) is 7.05. The zero-order valence-electron chi connectivity index (χ0n) is 16.4. The molecule has 0 spiro atoms. The Balaban J connectivity index is 1.57. The number of fused-ring (bicyclic) bond motifs is 2. The van der Waals surface area contributed by atoms with Crippen molar-refractivity contribution < 1.29 is 4.74 Å². The summed E-state index contributed by atoms with van der Waals surface area (Å²) in [5, 5.41) is 0. The van der Waals surface area contributed by atoms with E-state index in [0.717, 1.165) is 18.8 Å². The van der Waals surface area contributed by atoms with E-state index in [0.29, 0.717) is 24.0 Å². The molecule has 0 N–H and O–H groups in total. The summed E-state index contributed by atoms with van der Waals surface area (Å²) in [6, 6.07) is 19.4. The standard InChI is InChI=1S/C23H30N2O/c1-16(2)20-7-5-6-8-21(20)23-22-13-18(15-24(23)3)25(22)14-17-9-11-19(26-4)12-10-17/h5-12,16,18,22-23H,13-15H2,1-4H3. The number of nitrogens with zero attached hydrogens (tertiary/aromatic N) is 2. The number of hydrogen-bond donors (Lipinski definition) is 0. The lowest BCUT2D eigenvalue weighted by Crippen LogP contribution is -2.68. The molecule has 0 aromatic heterocycles. The lowest BCUT2D eigenvalue weighted by molar-refractivity contribution is -0.106. The molecule has 0 amide bonds. The maximum absolute atomic E-state index is 5.29. The molecule has 3 nitrogen and oxygen atoms in total. The third-order valence-corrected chi connectivity index (χ3v) is 6.21. The van der Waals surface area contributed by atoms with Gasteiger partial charge in [0.05, 0.1) is 13.2 Å². The average molecular weight is 351 g/mol. The Bertz CT molecular complexity index is 755. The highest BCUT2D eigenvalue weighted by molar-refractivity contribution is 5.35. The number of methoxy groups -OCH3 is 1. The summed E-state index contributed by atoms with van der Waals surface area (Å²) in [5.74, 6) is 1.49. The molecule has 0 radical (unpaired) electrons. The highest BCUT2D eigenvalue weighted by Gasteiger charge is 2.50. The normalized spacial score (nSPS) is 26.0. The number of ether oxygens (including phenoxy) is 1. The molecule has 0 aliphatic carbocycles. The van der Waals surface area contributed by atoms with Gasteiger partial charge in [-0.2, -0.15) is 0 Å². The molecule has 138 valence electrons. The first-order valence-corrected chi connectivity index (χ1v) is 9.76. The summed E-state index contributed by atoms with van der Waals surface area (Å²) in [4.78, 5) is 5.29. The zero-order chi connectivity index (χ0) is 18.3. The van der Waals surface area contributed by atoms with E-state index in [1.165, 1.54) is 23.1 Å². The van der Waals surface area contributed by atoms with E-state index in [4.69, 9.17) is 4.74 Å². The fourth-order valence-corrected chi connectivity index (χ4v) is 4.85. The minimum absolute atomic E-state index is 0.497. The number of likely N-dealkylation sites (N-methyl/N-ethyl adjacent to an activating group) is 1. The van der Waals surface area contributed by atoms with Crippen molar-refractivity contribution >= 4 is 0 Å². The van der Waals surface area contributed by atoms with E-state index in [9.17, 15) is 0 Å². The third kappa shape index (κ3) is 3.04. The quantitative estimate of drug-likeness (QED) is 0.792. The Morgan fingerprint density at radius 1 is 1.08 bits per heavy atom. The van der Waals surface area contributed by atoms with Crippen LogP contribution in [0.15, 0.2) is 48.5 Å². The molecular weight excluding hydrogens is 320 g/mol. The van der Waals surface area contributed by atoms with Gasteiger partial charge in [0.1, 0.15) is 5.75 Å². The van der Waals surface area contributed by atoms with Crippen molar-refractivity contribution in [2.45, 2.75) is 50.9 Å². The maximum Gasteiger partial charge on any atom is 0.118 e. The van der Waals surface area contributed by atoms with Crippen molar-refractivity contribution in [2.75, 3.05) is 20.7 Å². The molecule has 3 heterocycles. The van der Waals surface area contributed by atoms with Crippen LogP contribution >= 0.6 is 0 Å². The van der Waals surface area contributed by atoms with E-state index in [2.05, 4.69) is 79.2 Å². The van der Waals surface area contributed by atoms with Crippen LogP contribution in [0.25, 0.3) is 0 Å². The minimum atomic E-state index is 0.497. The summed E-state index contributed by atoms with van der Waals surface area (Å²) < 4.78 is 5.29. The van der Waals surface area contributed by atoms with E-state index in [-0.39, 0.29) is 0 Å². The second-order valence-electron chi connectivity index (χ2n) is 8.15. The molecule has 3 saturated heterocycles. The molecule has 2 bridgehead atoms. The molecule has 3 aliphatic rings. The van der Waals surface area contributed by atoms with Crippen molar-refractivity contribution in [1.29, 1.82) is 0 Å². The number of hydrogen-bond acceptors (Lipinski definition) is 3. The first kappa shape index (κ1) is 17.6. The van der Waals surface area contributed by atoms with Gasteiger partial charge in [0, 0.05) is 25.2 Å². The number of piperazine rings is 1. The van der Waals surface area contributed by atoms with Crippen molar-refractivity contribution in [3.8, 4) is 5.75 Å². The maximum atomic E-state index is 5.29. The molecular formula is C23H30N2O. The topological polar surface area (TPSA) is 15.7 Å². The van der Waals surface area contributed by atoms with Gasteiger partial charge < -0.3 is 4.74 Å². The summed E-state index contributed by atoms with van der Waals surface area (Å²) in [7, 11) is 4.02. The van der Waals surface area contributed by atoms with Gasteiger partial charge in [0.25, 0.3) is 0 Å². The summed E-state index contributed by atoms with van der Waals surface area (Å²) in [6.07, 6.45) is 1.32. The van der Waals surface area contributed by atoms with E-state index < -0.39 is 0 Å². The molecule has 3 unspecified atom stereocenters. The molecule has 3 atom stereocenters. The Labute approximate surface area is 157 Å². The second-order valence-corrected chi connectivity index (χ2v) is 8.15. The van der Waals surface area contributed by atoms with Crippen LogP contribution in [0.3, 0.4) is 0 Å². The molecule has 3 heteroatoms. The monoisotopic (exact) mass is 350 g/mol. The largest absolute Gasteiger partial charge is 0.497 e. The van der Waals surface area contributed by atoms with Crippen LogP contribution in [0.1, 0.15) is 48.9 Å². The Morgan fingerprint density at radius 3 is 2.50 bits per heavy atom. The summed E-state index contributed by atoms with van der Waals surface area (Å²) in [5.41, 5.74) is 4.40. The highest BCUT2D eigenvalue weighted by atomic mass is 16.5. The van der Waals surface area contributed by atoms with Crippen molar-refractivity contribution in [3.63, 3.8) is 0 Å². The van der Waals surface area contributed by atoms with Crippen molar-refractivity contribution in [3.05, 3.63) is 65.2 Å². The molecule has 5 rings (SSSR count). The van der Waals surface area contributed by atoms with Gasteiger partial charge in [-0.1, -0.05) is 50.2 Å². The fourth-order valence-electron chi connectivity index (χ4n) is 4.85. The molecule has 0 saturated carbocycles. The first-order chi connectivity index (χ1) is 12.6. The molecule has 2 aromatic rings. The lowest BCUT2D eigenvalue weighted by Gasteiger charge is -2.60. The Hall–Kier alpha value is -1.84. The first-order valence-electron chi connectivity index (χ1n) is 9.76. The third-order valence-electron chi connectivity index (χ3n) is 6.21. The summed E-state index contributed by atoms with van der Waals surface area (Å²) in [6.45, 7) is 6.80. The van der Waals surface area contributed by atoms with Crippen LogP contribution in [0.4, 0.5) is 0 Å². The predicted molar refractivity (Wildman–Crippen MR) is 107 cm³/mol. The fraction of sp³-hybridized carbons (Fsp3) is 0.478. The van der Waals surface area contributed by atoms with Crippen LogP contribution in [-0.4, -0.2) is 42.6 Å². The van der Waals surface area contributed by atoms with Crippen LogP contribution < -0.4 is 4.74 Å². The zero-order valence-corrected chi connectivity index (χ0v) is 16.4. The van der Waals surface area contributed by atoms with E-state index >= 15 is 0 Å². The molecule has 2 aromatic carbocycles. The predicted octanol–water partition coefficient (Wildman–Crippen LogP) is 4.45. The van der Waals surface area contributed by atoms with Crippen LogP contribution in [-0.2, 0) is 6.54 Å². The number of piperidine rings is 1. The Morgan fingerprint density at radius 2 is 1.81 bits per heavy atom. The average Bonchev–Trinajstić information content (AvgIpc) is 2.66. The minimum Gasteiger partial charge on any atom is -0.497 e. The van der Waals surface area contributed by atoms with Gasteiger partial charge in [-0.3, -0.25) is 9.80 Å². The smallest absolute Gasteiger partial charge is 0.118 e. The molecule has 3 fully saturated rings. The molecule has 3 aliphatic heterocycles. The SMILES string of the molecule is COc1ccc(CN2C3CC2C(c2ccccc2C(C)C)N(C)C3)cc1. The van der Waals surface area contributed by atoms with Crippen molar-refractivity contribution in [2.24, 2.45) is 0 Å². The molecule has 26 heavy (non-hydrogen) atoms. The van der Waals surface area contributed by atoms with Crippen LogP contribution in [0.2, 0.25) is 0 Å². The van der Waals surface area contributed by atoms with Crippen molar-refractivity contribution in [1.82, 2.24) is 9.80 Å². The number of rotatable bonds is 5. The van der Waals surface area contributed by atoms with Crippen LogP contribution in [0.5, 0.6) is 5.75 Å². The lowest BCUT2D eigenvalue weighted by atomic mass is 9.76. The number of benzene rings is 2. The van der Waals surface area contributed by atoms with Gasteiger partial charge in [-0.15, -0.1) is 0 Å². The van der Waals surface area contributed by atoms with Gasteiger partial charge in [0.2, 0.25) is 0 Å². The van der Waals surface area contributed by atoms with Crippen LogP contribution in [0, 0.1) is 0 Å². The van der Waals surface area contributed by atoms with Gasteiger partial charge in [0.15, 0.2) is 0 Å². The van der Waals surface area contributed by atoms with E-state index in [1.54, 1.807) is 7.11 Å². The van der Waals surface area contributed by atoms with Gasteiger partial charge in [-0.05, 0) is 48.2 Å². The van der Waals surface area contributed by atoms with Gasteiger partial charge >= 0.3 is 0 Å².